The average Bonchev–Trinajstić information content (AvgIpc) is 2.47. The summed E-state index contributed by atoms with van der Waals surface area (Å²) in [6, 6.07) is 8.05. The lowest BCUT2D eigenvalue weighted by molar-refractivity contribution is 0.173. The zero-order chi connectivity index (χ0) is 14.1. The van der Waals surface area contributed by atoms with E-state index in [-0.39, 0.29) is 6.10 Å². The van der Waals surface area contributed by atoms with Crippen LogP contribution in [-0.4, -0.2) is 45.6 Å². The molecule has 0 aliphatic carbocycles. The lowest BCUT2D eigenvalue weighted by Crippen LogP contribution is -2.30. The fourth-order valence-corrected chi connectivity index (χ4v) is 1.92. The molecule has 0 aliphatic heterocycles. The minimum absolute atomic E-state index is 0.375. The van der Waals surface area contributed by atoms with E-state index >= 15 is 0 Å². The molecule has 19 heavy (non-hydrogen) atoms. The maximum absolute atomic E-state index is 9.79. The molecule has 1 aromatic rings. The highest BCUT2D eigenvalue weighted by Gasteiger charge is 2.08. The maximum Gasteiger partial charge on any atom is 0.0787 e. The Kier molecular flexibility index (Phi) is 7.48. The van der Waals surface area contributed by atoms with E-state index in [2.05, 4.69) is 4.90 Å². The van der Waals surface area contributed by atoms with Gasteiger partial charge in [0.2, 0.25) is 0 Å². The molecule has 0 fully saturated rings. The number of anilines is 1. The Balaban J connectivity index is 2.71. The lowest BCUT2D eigenvalue weighted by atomic mass is 10.1. The van der Waals surface area contributed by atoms with Crippen LogP contribution in [0.25, 0.3) is 0 Å². The molecule has 4 heteroatoms. The average molecular weight is 267 g/mol. The van der Waals surface area contributed by atoms with Gasteiger partial charge in [0.05, 0.1) is 19.3 Å². The first kappa shape index (κ1) is 16.0. The molecule has 1 aromatic carbocycles. The summed E-state index contributed by atoms with van der Waals surface area (Å²) in [6.07, 6.45) is 0.358. The van der Waals surface area contributed by atoms with E-state index in [4.69, 9.17) is 9.47 Å². The van der Waals surface area contributed by atoms with Gasteiger partial charge in [0.1, 0.15) is 0 Å². The van der Waals surface area contributed by atoms with E-state index in [1.165, 1.54) is 0 Å². The van der Waals surface area contributed by atoms with Crippen molar-refractivity contribution in [1.29, 1.82) is 0 Å². The molecule has 1 atom stereocenters. The summed E-state index contributed by atoms with van der Waals surface area (Å²) in [5.74, 6) is 0. The number of aliphatic hydroxyl groups is 1. The molecule has 4 nitrogen and oxygen atoms in total. The van der Waals surface area contributed by atoms with Crippen molar-refractivity contribution in [3.8, 4) is 0 Å². The zero-order valence-corrected chi connectivity index (χ0v) is 12.1. The van der Waals surface area contributed by atoms with Crippen LogP contribution in [0.15, 0.2) is 24.3 Å². The van der Waals surface area contributed by atoms with Crippen LogP contribution in [0.4, 0.5) is 5.69 Å². The molecule has 0 amide bonds. The summed E-state index contributed by atoms with van der Waals surface area (Å²) in [5, 5.41) is 9.79. The number of aliphatic hydroxyl groups excluding tert-OH is 1. The number of methoxy groups -OCH3 is 2. The van der Waals surface area contributed by atoms with E-state index in [1.54, 1.807) is 14.2 Å². The van der Waals surface area contributed by atoms with E-state index in [0.717, 1.165) is 30.8 Å². The molecule has 0 bridgehead atoms. The first-order chi connectivity index (χ1) is 9.22. The van der Waals surface area contributed by atoms with E-state index in [1.807, 2.05) is 31.2 Å². The zero-order valence-electron chi connectivity index (χ0n) is 12.1. The second-order valence-electron chi connectivity index (χ2n) is 4.49. The molecule has 0 unspecified atom stereocenters. The van der Waals surface area contributed by atoms with Gasteiger partial charge in [-0.3, -0.25) is 0 Å². The SMILES string of the molecule is CC[C@@H](O)c1ccc(N(CCOC)CCOC)cc1. The third kappa shape index (κ3) is 5.19. The van der Waals surface area contributed by atoms with Crippen molar-refractivity contribution in [2.75, 3.05) is 45.4 Å². The van der Waals surface area contributed by atoms with Crippen LogP contribution in [0, 0.1) is 0 Å². The Hall–Kier alpha value is -1.10. The van der Waals surface area contributed by atoms with Gasteiger partial charge in [-0.15, -0.1) is 0 Å². The predicted molar refractivity (Wildman–Crippen MR) is 77.7 cm³/mol. The van der Waals surface area contributed by atoms with Gasteiger partial charge in [-0.25, -0.2) is 0 Å². The van der Waals surface area contributed by atoms with Crippen LogP contribution in [-0.2, 0) is 9.47 Å². The number of hydrogen-bond acceptors (Lipinski definition) is 4. The molecular weight excluding hydrogens is 242 g/mol. The molecule has 0 aliphatic rings. The van der Waals surface area contributed by atoms with Gasteiger partial charge in [0, 0.05) is 33.0 Å². The van der Waals surface area contributed by atoms with E-state index in [0.29, 0.717) is 13.2 Å². The Bertz CT molecular complexity index is 332. The van der Waals surface area contributed by atoms with Gasteiger partial charge in [-0.05, 0) is 24.1 Å². The van der Waals surface area contributed by atoms with Crippen molar-refractivity contribution >= 4 is 5.69 Å². The van der Waals surface area contributed by atoms with Gasteiger partial charge in [-0.1, -0.05) is 19.1 Å². The normalized spacial score (nSPS) is 12.4. The van der Waals surface area contributed by atoms with Gasteiger partial charge in [0.15, 0.2) is 0 Å². The Morgan fingerprint density at radius 2 is 1.58 bits per heavy atom. The van der Waals surface area contributed by atoms with Gasteiger partial charge >= 0.3 is 0 Å². The van der Waals surface area contributed by atoms with Gasteiger partial charge in [-0.2, -0.15) is 0 Å². The molecule has 0 saturated heterocycles. The first-order valence-electron chi connectivity index (χ1n) is 6.73. The smallest absolute Gasteiger partial charge is 0.0787 e. The van der Waals surface area contributed by atoms with E-state index < -0.39 is 0 Å². The first-order valence-corrected chi connectivity index (χ1v) is 6.73. The van der Waals surface area contributed by atoms with Gasteiger partial charge in [0.25, 0.3) is 0 Å². The number of hydrogen-bond donors (Lipinski definition) is 1. The second kappa shape index (κ2) is 8.91. The van der Waals surface area contributed by atoms with Crippen molar-refractivity contribution < 1.29 is 14.6 Å². The summed E-state index contributed by atoms with van der Waals surface area (Å²) in [4.78, 5) is 2.22. The van der Waals surface area contributed by atoms with Crippen molar-refractivity contribution in [3.63, 3.8) is 0 Å². The van der Waals surface area contributed by atoms with Crippen molar-refractivity contribution in [1.82, 2.24) is 0 Å². The topological polar surface area (TPSA) is 41.9 Å². The fourth-order valence-electron chi connectivity index (χ4n) is 1.92. The Morgan fingerprint density at radius 3 is 2.00 bits per heavy atom. The summed E-state index contributed by atoms with van der Waals surface area (Å²) in [6.45, 7) is 5.00. The molecule has 1 N–H and O–H groups in total. The van der Waals surface area contributed by atoms with Crippen LogP contribution in [0.3, 0.4) is 0 Å². The molecule has 108 valence electrons. The van der Waals surface area contributed by atoms with Crippen molar-refractivity contribution in [3.05, 3.63) is 29.8 Å². The Morgan fingerprint density at radius 1 is 1.05 bits per heavy atom. The molecular formula is C15H25NO3. The molecule has 1 rings (SSSR count). The van der Waals surface area contributed by atoms with E-state index in [9.17, 15) is 5.11 Å². The number of ether oxygens (including phenoxy) is 2. The second-order valence-corrected chi connectivity index (χ2v) is 4.49. The third-order valence-electron chi connectivity index (χ3n) is 3.16. The van der Waals surface area contributed by atoms with Crippen molar-refractivity contribution in [2.24, 2.45) is 0 Å². The fraction of sp³-hybridized carbons (Fsp3) is 0.600. The summed E-state index contributed by atoms with van der Waals surface area (Å²) < 4.78 is 10.3. The Labute approximate surface area is 115 Å². The highest BCUT2D eigenvalue weighted by Crippen LogP contribution is 2.20. The number of nitrogens with zero attached hydrogens (tertiary/aromatic N) is 1. The number of rotatable bonds is 9. The molecule has 0 spiro atoms. The molecule has 0 aromatic heterocycles. The quantitative estimate of drug-likeness (QED) is 0.745. The molecule has 0 heterocycles. The van der Waals surface area contributed by atoms with Crippen LogP contribution in [0.2, 0.25) is 0 Å². The molecule has 0 radical (unpaired) electrons. The highest BCUT2D eigenvalue weighted by molar-refractivity contribution is 5.48. The van der Waals surface area contributed by atoms with Crippen LogP contribution in [0.1, 0.15) is 25.0 Å². The maximum atomic E-state index is 9.79. The van der Waals surface area contributed by atoms with Crippen molar-refractivity contribution in [2.45, 2.75) is 19.4 Å². The highest BCUT2D eigenvalue weighted by atomic mass is 16.5. The largest absolute Gasteiger partial charge is 0.388 e. The van der Waals surface area contributed by atoms with Crippen LogP contribution < -0.4 is 4.90 Å². The van der Waals surface area contributed by atoms with Crippen LogP contribution in [0.5, 0.6) is 0 Å². The predicted octanol–water partition coefficient (Wildman–Crippen LogP) is 2.23. The lowest BCUT2D eigenvalue weighted by Gasteiger charge is -2.24. The molecule has 0 saturated carbocycles. The minimum Gasteiger partial charge on any atom is -0.388 e. The summed E-state index contributed by atoms with van der Waals surface area (Å²) in [5.41, 5.74) is 2.09. The third-order valence-corrected chi connectivity index (χ3v) is 3.16. The number of benzene rings is 1. The van der Waals surface area contributed by atoms with Gasteiger partial charge < -0.3 is 19.5 Å². The monoisotopic (exact) mass is 267 g/mol. The minimum atomic E-state index is -0.375. The standard InChI is InChI=1S/C15H25NO3/c1-4-15(17)13-5-7-14(8-6-13)16(9-11-18-2)10-12-19-3/h5-8,15,17H,4,9-12H2,1-3H3/t15-/m1/s1. The van der Waals surface area contributed by atoms with Crippen LogP contribution >= 0.6 is 0 Å². The summed E-state index contributed by atoms with van der Waals surface area (Å²) in [7, 11) is 3.41. The summed E-state index contributed by atoms with van der Waals surface area (Å²) >= 11 is 0.